The van der Waals surface area contributed by atoms with Crippen LogP contribution < -0.4 is 0 Å². The minimum Gasteiger partial charge on any atom is -0.357 e. The molecule has 0 saturated carbocycles. The Morgan fingerprint density at radius 1 is 1.03 bits per heavy atom. The number of halogens is 2. The van der Waals surface area contributed by atoms with Crippen molar-refractivity contribution in [2.45, 2.75) is 45.9 Å². The van der Waals surface area contributed by atoms with Crippen LogP contribution >= 0.6 is 36.2 Å². The van der Waals surface area contributed by atoms with Gasteiger partial charge in [0.15, 0.2) is 5.78 Å². The third kappa shape index (κ3) is 8.83. The number of thiophene rings is 1. The van der Waals surface area contributed by atoms with Crippen LogP contribution in [0.4, 0.5) is 0 Å². The largest absolute Gasteiger partial charge is 0.357 e. The van der Waals surface area contributed by atoms with Crippen LogP contribution in [-0.4, -0.2) is 60.1 Å². The highest BCUT2D eigenvalue weighted by atomic mass is 35.5. The predicted octanol–water partition coefficient (Wildman–Crippen LogP) is 5.41. The quantitative estimate of drug-likeness (QED) is 0.466. The molecule has 1 aromatic carbocycles. The number of Topliss-reactive ketones (excluding diaryl/α,β-unsaturated/α-hetero) is 1. The summed E-state index contributed by atoms with van der Waals surface area (Å²) in [6.45, 7) is 13.1. The molecular formula is C24H36Cl2N2O2S. The normalized spacial score (nSPS) is 17.3. The highest BCUT2D eigenvalue weighted by molar-refractivity contribution is 7.12. The number of hydrogen-bond acceptors (Lipinski definition) is 5. The van der Waals surface area contributed by atoms with Crippen molar-refractivity contribution in [2.24, 2.45) is 5.92 Å². The van der Waals surface area contributed by atoms with Crippen LogP contribution in [0.3, 0.4) is 0 Å². The van der Waals surface area contributed by atoms with Crippen molar-refractivity contribution >= 4 is 41.9 Å². The summed E-state index contributed by atoms with van der Waals surface area (Å²) in [5.41, 5.74) is 1.12. The molecular weight excluding hydrogens is 451 g/mol. The fourth-order valence-electron chi connectivity index (χ4n) is 3.83. The lowest BCUT2D eigenvalue weighted by molar-refractivity contribution is -0.141. The van der Waals surface area contributed by atoms with Gasteiger partial charge in [-0.3, -0.25) is 9.69 Å². The second-order valence-corrected chi connectivity index (χ2v) is 9.90. The molecule has 1 aromatic heterocycles. The highest BCUT2D eigenvalue weighted by Gasteiger charge is 2.29. The molecule has 3 rings (SSSR count). The molecule has 0 spiro atoms. The maximum absolute atomic E-state index is 12.6. The summed E-state index contributed by atoms with van der Waals surface area (Å²) in [5, 5.41) is 1.97. The van der Waals surface area contributed by atoms with E-state index in [1.807, 2.05) is 17.5 Å². The molecule has 31 heavy (non-hydrogen) atoms. The van der Waals surface area contributed by atoms with Gasteiger partial charge in [-0.15, -0.1) is 36.2 Å². The monoisotopic (exact) mass is 486 g/mol. The van der Waals surface area contributed by atoms with Crippen molar-refractivity contribution in [1.82, 2.24) is 9.80 Å². The Bertz CT molecular complexity index is 758. The molecule has 1 aliphatic rings. The number of hydrogen-bond donors (Lipinski definition) is 0. The summed E-state index contributed by atoms with van der Waals surface area (Å²) in [6.07, 6.45) is 0.968. The molecule has 2 atom stereocenters. The molecule has 0 radical (unpaired) electrons. The molecule has 0 amide bonds. The van der Waals surface area contributed by atoms with Gasteiger partial charge in [0.2, 0.25) is 0 Å². The average Bonchev–Trinajstić information content (AvgIpc) is 3.22. The second-order valence-electron chi connectivity index (χ2n) is 8.95. The van der Waals surface area contributed by atoms with Gasteiger partial charge in [-0.1, -0.05) is 43.3 Å². The number of benzene rings is 1. The van der Waals surface area contributed by atoms with Gasteiger partial charge in [-0.05, 0) is 37.8 Å². The Labute approximate surface area is 203 Å². The predicted molar refractivity (Wildman–Crippen MR) is 135 cm³/mol. The Hall–Kier alpha value is -0.950. The summed E-state index contributed by atoms with van der Waals surface area (Å²) < 4.78 is 6.44. The van der Waals surface area contributed by atoms with Crippen LogP contribution in [0.1, 0.15) is 42.9 Å². The van der Waals surface area contributed by atoms with Crippen LogP contribution in [0.25, 0.3) is 0 Å². The Morgan fingerprint density at radius 2 is 1.68 bits per heavy atom. The summed E-state index contributed by atoms with van der Waals surface area (Å²) >= 11 is 1.54. The van der Waals surface area contributed by atoms with Gasteiger partial charge in [0, 0.05) is 45.1 Å². The zero-order chi connectivity index (χ0) is 20.9. The van der Waals surface area contributed by atoms with E-state index in [0.717, 1.165) is 44.0 Å². The van der Waals surface area contributed by atoms with Crippen LogP contribution in [0.2, 0.25) is 0 Å². The number of piperazine rings is 1. The van der Waals surface area contributed by atoms with E-state index in [1.165, 1.54) is 16.9 Å². The van der Waals surface area contributed by atoms with Gasteiger partial charge in [0.1, 0.15) is 6.23 Å². The molecule has 0 aliphatic carbocycles. The van der Waals surface area contributed by atoms with E-state index in [2.05, 4.69) is 67.8 Å². The number of ether oxygens (including phenoxy) is 1. The van der Waals surface area contributed by atoms with Gasteiger partial charge in [-0.25, -0.2) is 0 Å². The fraction of sp³-hybridized carbons (Fsp3) is 0.542. The molecule has 1 aliphatic heterocycles. The van der Waals surface area contributed by atoms with E-state index in [-0.39, 0.29) is 48.3 Å². The zero-order valence-electron chi connectivity index (χ0n) is 19.0. The maximum Gasteiger partial charge on any atom is 0.176 e. The summed E-state index contributed by atoms with van der Waals surface area (Å²) in [6, 6.07) is 14.5. The topological polar surface area (TPSA) is 32.8 Å². The molecule has 2 unspecified atom stereocenters. The smallest absolute Gasteiger partial charge is 0.176 e. The van der Waals surface area contributed by atoms with Gasteiger partial charge in [-0.2, -0.15) is 0 Å². The van der Waals surface area contributed by atoms with Gasteiger partial charge >= 0.3 is 0 Å². The lowest BCUT2D eigenvalue weighted by Gasteiger charge is -2.41. The molecule has 0 N–H and O–H groups in total. The molecule has 1 fully saturated rings. The number of rotatable bonds is 8. The third-order valence-corrected chi connectivity index (χ3v) is 6.18. The lowest BCUT2D eigenvalue weighted by Crippen LogP contribution is -2.54. The van der Waals surface area contributed by atoms with Crippen LogP contribution in [0.15, 0.2) is 47.8 Å². The molecule has 2 heterocycles. The summed E-state index contributed by atoms with van der Waals surface area (Å²) in [4.78, 5) is 18.3. The van der Waals surface area contributed by atoms with E-state index in [4.69, 9.17) is 4.74 Å². The first-order valence-electron chi connectivity index (χ1n) is 10.6. The molecule has 1 saturated heterocycles. The molecule has 4 nitrogen and oxygen atoms in total. The zero-order valence-corrected chi connectivity index (χ0v) is 21.4. The van der Waals surface area contributed by atoms with Gasteiger partial charge in [0.25, 0.3) is 0 Å². The van der Waals surface area contributed by atoms with Crippen molar-refractivity contribution in [3.05, 3.63) is 58.3 Å². The average molecular weight is 488 g/mol. The van der Waals surface area contributed by atoms with Gasteiger partial charge in [0.05, 0.1) is 10.5 Å². The standard InChI is InChI=1S/C24H34N2O2S.2ClH/c1-19(23(27)21-11-8-16-29-21)18-25-12-14-26(15-13-25)22(28-24(2,3)4)17-20-9-6-5-7-10-20;;/h5-11,16,19,22H,12-15,17-18H2,1-4H3;2*1H. The first-order valence-corrected chi connectivity index (χ1v) is 11.5. The first kappa shape index (κ1) is 28.1. The third-order valence-electron chi connectivity index (χ3n) is 5.30. The Morgan fingerprint density at radius 3 is 2.23 bits per heavy atom. The number of ketones is 1. The Balaban J connectivity index is 0.00000240. The van der Waals surface area contributed by atoms with Crippen molar-refractivity contribution in [2.75, 3.05) is 32.7 Å². The first-order chi connectivity index (χ1) is 13.8. The molecule has 0 bridgehead atoms. The minimum atomic E-state index is -0.182. The van der Waals surface area contributed by atoms with Crippen molar-refractivity contribution < 1.29 is 9.53 Å². The maximum atomic E-state index is 12.6. The van der Waals surface area contributed by atoms with Crippen molar-refractivity contribution in [3.63, 3.8) is 0 Å². The summed E-state index contributed by atoms with van der Waals surface area (Å²) in [7, 11) is 0. The van der Waals surface area contributed by atoms with E-state index in [0.29, 0.717) is 0 Å². The van der Waals surface area contributed by atoms with E-state index in [9.17, 15) is 4.79 Å². The number of carbonyl (C=O) groups excluding carboxylic acids is 1. The fourth-order valence-corrected chi connectivity index (χ4v) is 4.61. The van der Waals surface area contributed by atoms with Gasteiger partial charge < -0.3 is 9.64 Å². The number of nitrogens with zero attached hydrogens (tertiary/aromatic N) is 2. The van der Waals surface area contributed by atoms with E-state index in [1.54, 1.807) is 0 Å². The summed E-state index contributed by atoms with van der Waals surface area (Å²) in [5.74, 6) is 0.298. The van der Waals surface area contributed by atoms with Crippen LogP contribution in [-0.2, 0) is 11.2 Å². The number of carbonyl (C=O) groups is 1. The van der Waals surface area contributed by atoms with Crippen molar-refractivity contribution in [1.29, 1.82) is 0 Å². The molecule has 7 heteroatoms. The van der Waals surface area contributed by atoms with Crippen LogP contribution in [0, 0.1) is 5.92 Å². The Kier molecular flexibility index (Phi) is 11.7. The highest BCUT2D eigenvalue weighted by Crippen LogP contribution is 2.21. The molecule has 2 aromatic rings. The second kappa shape index (κ2) is 12.9. The van der Waals surface area contributed by atoms with E-state index < -0.39 is 0 Å². The SMILES string of the molecule is CC(CN1CCN(C(Cc2ccccc2)OC(C)(C)C)CC1)C(=O)c1cccs1.Cl.Cl. The lowest BCUT2D eigenvalue weighted by atomic mass is 10.0. The van der Waals surface area contributed by atoms with E-state index >= 15 is 0 Å². The van der Waals surface area contributed by atoms with Crippen LogP contribution in [0.5, 0.6) is 0 Å². The van der Waals surface area contributed by atoms with Crippen molar-refractivity contribution in [3.8, 4) is 0 Å². The minimum absolute atomic E-state index is 0. The molecule has 174 valence electrons.